The Morgan fingerprint density at radius 2 is 2.00 bits per heavy atom. The lowest BCUT2D eigenvalue weighted by Gasteiger charge is -2.25. The molecule has 0 radical (unpaired) electrons. The van der Waals surface area contributed by atoms with E-state index in [0.29, 0.717) is 17.1 Å². The fourth-order valence-electron chi connectivity index (χ4n) is 2.55. The third-order valence-corrected chi connectivity index (χ3v) is 3.93. The zero-order valence-electron chi connectivity index (χ0n) is 11.1. The number of rotatable bonds is 2. The molecule has 0 aliphatic carbocycles. The molecule has 0 saturated carbocycles. The van der Waals surface area contributed by atoms with Gasteiger partial charge in [-0.25, -0.2) is 4.39 Å². The van der Waals surface area contributed by atoms with Gasteiger partial charge in [0.1, 0.15) is 5.82 Å². The third kappa shape index (κ3) is 2.59. The van der Waals surface area contributed by atoms with Gasteiger partial charge in [-0.15, -0.1) is 0 Å². The van der Waals surface area contributed by atoms with Gasteiger partial charge in [-0.3, -0.25) is 0 Å². The number of hydrogen-bond acceptors (Lipinski definition) is 2. The smallest absolute Gasteiger partial charge is 0.129 e. The molecule has 1 aliphatic rings. The molecule has 0 aromatic heterocycles. The van der Waals surface area contributed by atoms with Crippen molar-refractivity contribution < 1.29 is 4.39 Å². The Hall–Kier alpha value is -1.74. The van der Waals surface area contributed by atoms with Crippen molar-refractivity contribution in [1.82, 2.24) is 0 Å². The standard InChI is InChI=1S/C16H16ClFN2/c17-13-5-3-6-14(18)12(13)11-20-10-4-9-19-15-7-1-2-8-16(15)20/h1-3,5-8,19H,4,9-11H2. The maximum atomic E-state index is 14.0. The van der Waals surface area contributed by atoms with Crippen molar-refractivity contribution in [2.75, 3.05) is 23.3 Å². The number of anilines is 2. The lowest BCUT2D eigenvalue weighted by Crippen LogP contribution is -2.24. The first-order chi connectivity index (χ1) is 9.75. The summed E-state index contributed by atoms with van der Waals surface area (Å²) in [7, 11) is 0. The maximum Gasteiger partial charge on any atom is 0.129 e. The summed E-state index contributed by atoms with van der Waals surface area (Å²) in [5.74, 6) is -0.243. The summed E-state index contributed by atoms with van der Waals surface area (Å²) in [6.07, 6.45) is 1.01. The summed E-state index contributed by atoms with van der Waals surface area (Å²) in [5, 5.41) is 3.89. The number of fused-ring (bicyclic) bond motifs is 1. The van der Waals surface area contributed by atoms with Crippen molar-refractivity contribution in [3.05, 3.63) is 58.9 Å². The highest BCUT2D eigenvalue weighted by Crippen LogP contribution is 2.31. The van der Waals surface area contributed by atoms with Crippen LogP contribution < -0.4 is 10.2 Å². The Kier molecular flexibility index (Phi) is 3.79. The van der Waals surface area contributed by atoms with E-state index >= 15 is 0 Å². The van der Waals surface area contributed by atoms with Gasteiger partial charge in [-0.2, -0.15) is 0 Å². The van der Waals surface area contributed by atoms with Crippen molar-refractivity contribution >= 4 is 23.0 Å². The fourth-order valence-corrected chi connectivity index (χ4v) is 2.77. The molecule has 0 unspecified atom stereocenters. The normalized spacial score (nSPS) is 14.4. The van der Waals surface area contributed by atoms with E-state index in [1.165, 1.54) is 6.07 Å². The number of para-hydroxylation sites is 2. The molecule has 2 aromatic rings. The minimum atomic E-state index is -0.243. The van der Waals surface area contributed by atoms with Crippen LogP contribution in [0.5, 0.6) is 0 Å². The van der Waals surface area contributed by atoms with E-state index in [-0.39, 0.29) is 5.82 Å². The molecule has 4 heteroatoms. The summed E-state index contributed by atoms with van der Waals surface area (Å²) >= 11 is 6.13. The van der Waals surface area contributed by atoms with E-state index in [4.69, 9.17) is 11.6 Å². The molecule has 1 N–H and O–H groups in total. The zero-order valence-corrected chi connectivity index (χ0v) is 11.8. The summed E-state index contributed by atoms with van der Waals surface area (Å²) in [6, 6.07) is 13.0. The Labute approximate surface area is 123 Å². The molecule has 2 nitrogen and oxygen atoms in total. The van der Waals surface area contributed by atoms with Crippen LogP contribution in [0.25, 0.3) is 0 Å². The minimum Gasteiger partial charge on any atom is -0.383 e. The highest BCUT2D eigenvalue weighted by Gasteiger charge is 2.17. The van der Waals surface area contributed by atoms with E-state index in [2.05, 4.69) is 22.3 Å². The zero-order chi connectivity index (χ0) is 13.9. The molecule has 1 aliphatic heterocycles. The monoisotopic (exact) mass is 290 g/mol. The molecule has 0 fully saturated rings. The number of halogens is 2. The average molecular weight is 291 g/mol. The molecular weight excluding hydrogens is 275 g/mol. The Bertz CT molecular complexity index is 595. The van der Waals surface area contributed by atoms with Gasteiger partial charge in [-0.1, -0.05) is 29.8 Å². The lowest BCUT2D eigenvalue weighted by atomic mass is 10.1. The van der Waals surface area contributed by atoms with Crippen LogP contribution >= 0.6 is 11.6 Å². The molecular formula is C16H16ClFN2. The molecule has 1 heterocycles. The fraction of sp³-hybridized carbons (Fsp3) is 0.250. The van der Waals surface area contributed by atoms with Crippen LogP contribution in [0.15, 0.2) is 42.5 Å². The van der Waals surface area contributed by atoms with Crippen LogP contribution in [-0.2, 0) is 6.54 Å². The van der Waals surface area contributed by atoms with Crippen molar-refractivity contribution in [2.45, 2.75) is 13.0 Å². The molecule has 104 valence electrons. The minimum absolute atomic E-state index is 0.243. The van der Waals surface area contributed by atoms with Crippen molar-refractivity contribution in [3.63, 3.8) is 0 Å². The molecule has 0 spiro atoms. The maximum absolute atomic E-state index is 14.0. The van der Waals surface area contributed by atoms with Crippen LogP contribution in [0.2, 0.25) is 5.02 Å². The van der Waals surface area contributed by atoms with E-state index < -0.39 is 0 Å². The highest BCUT2D eigenvalue weighted by atomic mass is 35.5. The van der Waals surface area contributed by atoms with E-state index in [1.807, 2.05) is 12.1 Å². The van der Waals surface area contributed by atoms with Gasteiger partial charge in [0.25, 0.3) is 0 Å². The Morgan fingerprint density at radius 1 is 1.15 bits per heavy atom. The molecule has 0 saturated heterocycles. The van der Waals surface area contributed by atoms with Gasteiger partial charge >= 0.3 is 0 Å². The van der Waals surface area contributed by atoms with Crippen LogP contribution in [-0.4, -0.2) is 13.1 Å². The van der Waals surface area contributed by atoms with Crippen molar-refractivity contribution in [3.8, 4) is 0 Å². The second-order valence-corrected chi connectivity index (χ2v) is 5.33. The second-order valence-electron chi connectivity index (χ2n) is 4.92. The number of benzene rings is 2. The Morgan fingerprint density at radius 3 is 2.85 bits per heavy atom. The molecule has 3 rings (SSSR count). The summed E-state index contributed by atoms with van der Waals surface area (Å²) in [5.41, 5.74) is 2.76. The van der Waals surface area contributed by atoms with Gasteiger partial charge in [0, 0.05) is 30.2 Å². The third-order valence-electron chi connectivity index (χ3n) is 3.58. The number of hydrogen-bond donors (Lipinski definition) is 1. The predicted molar refractivity (Wildman–Crippen MR) is 82.0 cm³/mol. The van der Waals surface area contributed by atoms with Gasteiger partial charge < -0.3 is 10.2 Å². The van der Waals surface area contributed by atoms with Crippen molar-refractivity contribution in [1.29, 1.82) is 0 Å². The highest BCUT2D eigenvalue weighted by molar-refractivity contribution is 6.31. The Balaban J connectivity index is 1.94. The van der Waals surface area contributed by atoms with Crippen LogP contribution in [0.1, 0.15) is 12.0 Å². The van der Waals surface area contributed by atoms with E-state index in [9.17, 15) is 4.39 Å². The van der Waals surface area contributed by atoms with Gasteiger partial charge in [0.15, 0.2) is 0 Å². The predicted octanol–water partition coefficient (Wildman–Crippen LogP) is 4.30. The lowest BCUT2D eigenvalue weighted by molar-refractivity contribution is 0.603. The van der Waals surface area contributed by atoms with Gasteiger partial charge in [0.05, 0.1) is 11.4 Å². The van der Waals surface area contributed by atoms with Gasteiger partial charge in [-0.05, 0) is 30.7 Å². The average Bonchev–Trinajstić information content (AvgIpc) is 2.66. The van der Waals surface area contributed by atoms with Crippen molar-refractivity contribution in [2.24, 2.45) is 0 Å². The topological polar surface area (TPSA) is 15.3 Å². The molecule has 0 atom stereocenters. The summed E-state index contributed by atoms with van der Waals surface area (Å²) in [6.45, 7) is 2.30. The van der Waals surface area contributed by atoms with Gasteiger partial charge in [0.2, 0.25) is 0 Å². The van der Waals surface area contributed by atoms with Crippen LogP contribution in [0.4, 0.5) is 15.8 Å². The van der Waals surface area contributed by atoms with Crippen LogP contribution in [0, 0.1) is 5.82 Å². The first-order valence-corrected chi connectivity index (χ1v) is 7.14. The first kappa shape index (κ1) is 13.3. The number of nitrogens with one attached hydrogen (secondary N) is 1. The molecule has 0 amide bonds. The first-order valence-electron chi connectivity index (χ1n) is 6.76. The largest absolute Gasteiger partial charge is 0.383 e. The SMILES string of the molecule is Fc1cccc(Cl)c1CN1CCCNc2ccccc21. The quantitative estimate of drug-likeness (QED) is 0.887. The van der Waals surface area contributed by atoms with Crippen LogP contribution in [0.3, 0.4) is 0 Å². The summed E-state index contributed by atoms with van der Waals surface area (Å²) < 4.78 is 14.0. The van der Waals surface area contributed by atoms with E-state index in [0.717, 1.165) is 30.9 Å². The molecule has 20 heavy (non-hydrogen) atoms. The number of nitrogens with zero attached hydrogens (tertiary/aromatic N) is 1. The second kappa shape index (κ2) is 5.71. The van der Waals surface area contributed by atoms with E-state index in [1.54, 1.807) is 12.1 Å². The molecule has 0 bridgehead atoms. The molecule has 2 aromatic carbocycles. The summed E-state index contributed by atoms with van der Waals surface area (Å²) in [4.78, 5) is 2.18.